The number of carbonyl (C=O) groups excluding carboxylic acids is 1. The van der Waals surface area contributed by atoms with Gasteiger partial charge in [0.15, 0.2) is 5.13 Å². The van der Waals surface area contributed by atoms with Crippen molar-refractivity contribution in [3.63, 3.8) is 0 Å². The highest BCUT2D eigenvalue weighted by Gasteiger charge is 2.21. The number of amides is 1. The van der Waals surface area contributed by atoms with Crippen molar-refractivity contribution in [1.29, 1.82) is 0 Å². The van der Waals surface area contributed by atoms with Gasteiger partial charge < -0.3 is 4.74 Å². The number of aromatic nitrogens is 1. The lowest BCUT2D eigenvalue weighted by atomic mass is 10.1. The first-order valence-corrected chi connectivity index (χ1v) is 10.9. The van der Waals surface area contributed by atoms with E-state index in [0.29, 0.717) is 23.3 Å². The lowest BCUT2D eigenvalue weighted by molar-refractivity contribution is -0.118. The number of para-hydroxylation sites is 1. The molecule has 0 saturated heterocycles. The second kappa shape index (κ2) is 9.28. The van der Waals surface area contributed by atoms with Gasteiger partial charge in [0, 0.05) is 0 Å². The zero-order valence-corrected chi connectivity index (χ0v) is 18.1. The van der Waals surface area contributed by atoms with Crippen molar-refractivity contribution >= 4 is 44.2 Å². The first-order chi connectivity index (χ1) is 14.6. The summed E-state index contributed by atoms with van der Waals surface area (Å²) in [6.45, 7) is 3.01. The smallest absolute Gasteiger partial charge is 0.233 e. The maximum atomic E-state index is 13.3. The Kier molecular flexibility index (Phi) is 6.31. The van der Waals surface area contributed by atoms with Crippen LogP contribution in [-0.4, -0.2) is 17.5 Å². The Morgan fingerprint density at radius 1 is 1.00 bits per heavy atom. The molecule has 0 fully saturated rings. The number of nitrogens with zero attached hydrogens (tertiary/aromatic N) is 2. The third-order valence-corrected chi connectivity index (χ3v) is 6.01. The lowest BCUT2D eigenvalue weighted by Gasteiger charge is -2.20. The summed E-state index contributed by atoms with van der Waals surface area (Å²) in [6, 6.07) is 23.3. The molecule has 3 aromatic carbocycles. The van der Waals surface area contributed by atoms with Gasteiger partial charge in [-0.25, -0.2) is 4.98 Å². The van der Waals surface area contributed by atoms with Crippen molar-refractivity contribution in [1.82, 2.24) is 4.98 Å². The Morgan fingerprint density at radius 2 is 1.77 bits per heavy atom. The molecule has 152 valence electrons. The van der Waals surface area contributed by atoms with Crippen molar-refractivity contribution < 1.29 is 9.53 Å². The van der Waals surface area contributed by atoms with E-state index in [2.05, 4.69) is 4.98 Å². The first-order valence-electron chi connectivity index (χ1n) is 9.75. The Morgan fingerprint density at radius 3 is 2.47 bits per heavy atom. The molecule has 0 aliphatic heterocycles. The van der Waals surface area contributed by atoms with Crippen LogP contribution >= 0.6 is 22.9 Å². The number of rotatable bonds is 7. The number of ether oxygens (including phenoxy) is 1. The van der Waals surface area contributed by atoms with Crippen LogP contribution in [-0.2, 0) is 17.8 Å². The average molecular weight is 437 g/mol. The summed E-state index contributed by atoms with van der Waals surface area (Å²) in [6.07, 6.45) is 0.281. The second-order valence-electron chi connectivity index (χ2n) is 6.80. The maximum Gasteiger partial charge on any atom is 0.233 e. The van der Waals surface area contributed by atoms with Crippen LogP contribution in [0.2, 0.25) is 5.02 Å². The molecule has 4 aromatic rings. The molecule has 0 bridgehead atoms. The molecule has 0 N–H and O–H groups in total. The van der Waals surface area contributed by atoms with Crippen LogP contribution in [0.4, 0.5) is 5.13 Å². The number of hydrogen-bond donors (Lipinski definition) is 0. The van der Waals surface area contributed by atoms with E-state index >= 15 is 0 Å². The fraction of sp³-hybridized carbons (Fsp3) is 0.167. The SMILES string of the molecule is CCOc1ccc(CC(=O)N(Cc2ccccc2)c2nc3c(Cl)cccc3s2)cc1. The molecule has 4 rings (SSSR count). The van der Waals surface area contributed by atoms with Crippen LogP contribution in [0.3, 0.4) is 0 Å². The summed E-state index contributed by atoms with van der Waals surface area (Å²) >= 11 is 7.79. The van der Waals surface area contributed by atoms with Gasteiger partial charge >= 0.3 is 0 Å². The molecule has 1 heterocycles. The summed E-state index contributed by atoms with van der Waals surface area (Å²) in [5.74, 6) is 0.786. The Labute approximate surface area is 184 Å². The average Bonchev–Trinajstić information content (AvgIpc) is 3.20. The largest absolute Gasteiger partial charge is 0.494 e. The van der Waals surface area contributed by atoms with Crippen molar-refractivity contribution in [2.75, 3.05) is 11.5 Å². The number of thiazole rings is 1. The molecule has 0 aliphatic rings. The summed E-state index contributed by atoms with van der Waals surface area (Å²) in [4.78, 5) is 19.7. The van der Waals surface area contributed by atoms with Crippen LogP contribution in [0, 0.1) is 0 Å². The van der Waals surface area contributed by atoms with Crippen LogP contribution < -0.4 is 9.64 Å². The Balaban J connectivity index is 1.63. The highest BCUT2D eigenvalue weighted by Crippen LogP contribution is 2.33. The van der Waals surface area contributed by atoms with E-state index in [0.717, 1.165) is 27.1 Å². The van der Waals surface area contributed by atoms with Gasteiger partial charge in [0.1, 0.15) is 11.3 Å². The topological polar surface area (TPSA) is 42.4 Å². The van der Waals surface area contributed by atoms with E-state index in [-0.39, 0.29) is 12.3 Å². The summed E-state index contributed by atoms with van der Waals surface area (Å²) in [5.41, 5.74) is 2.70. The molecule has 0 atom stereocenters. The monoisotopic (exact) mass is 436 g/mol. The molecule has 0 radical (unpaired) electrons. The van der Waals surface area contributed by atoms with Gasteiger partial charge in [-0.2, -0.15) is 0 Å². The summed E-state index contributed by atoms with van der Waals surface area (Å²) in [5, 5.41) is 1.24. The number of anilines is 1. The second-order valence-corrected chi connectivity index (χ2v) is 8.22. The van der Waals surface area contributed by atoms with Crippen molar-refractivity contribution in [2.24, 2.45) is 0 Å². The maximum absolute atomic E-state index is 13.3. The summed E-state index contributed by atoms with van der Waals surface area (Å²) in [7, 11) is 0. The van der Waals surface area contributed by atoms with E-state index in [1.54, 1.807) is 4.90 Å². The number of carbonyl (C=O) groups is 1. The van der Waals surface area contributed by atoms with Gasteiger partial charge in [-0.3, -0.25) is 9.69 Å². The molecule has 30 heavy (non-hydrogen) atoms. The molecule has 6 heteroatoms. The highest BCUT2D eigenvalue weighted by atomic mass is 35.5. The number of halogens is 1. The van der Waals surface area contributed by atoms with E-state index < -0.39 is 0 Å². The molecule has 0 spiro atoms. The first kappa shape index (κ1) is 20.4. The minimum absolute atomic E-state index is 0.0156. The van der Waals surface area contributed by atoms with Gasteiger partial charge in [-0.1, -0.05) is 71.5 Å². The van der Waals surface area contributed by atoms with E-state index in [1.807, 2.05) is 79.7 Å². The molecule has 0 aliphatic carbocycles. The number of hydrogen-bond acceptors (Lipinski definition) is 4. The van der Waals surface area contributed by atoms with E-state index in [4.69, 9.17) is 16.3 Å². The molecule has 0 unspecified atom stereocenters. The van der Waals surface area contributed by atoms with Gasteiger partial charge in [0.25, 0.3) is 0 Å². The minimum Gasteiger partial charge on any atom is -0.494 e. The fourth-order valence-corrected chi connectivity index (χ4v) is 4.47. The lowest BCUT2D eigenvalue weighted by Crippen LogP contribution is -2.31. The highest BCUT2D eigenvalue weighted by molar-refractivity contribution is 7.22. The van der Waals surface area contributed by atoms with Gasteiger partial charge in [-0.05, 0) is 42.3 Å². The van der Waals surface area contributed by atoms with E-state index in [1.165, 1.54) is 11.3 Å². The quantitative estimate of drug-likeness (QED) is 0.350. The van der Waals surface area contributed by atoms with Crippen LogP contribution in [0.15, 0.2) is 72.8 Å². The van der Waals surface area contributed by atoms with Gasteiger partial charge in [0.05, 0.1) is 29.3 Å². The molecule has 0 saturated carbocycles. The fourth-order valence-electron chi connectivity index (χ4n) is 3.19. The predicted octanol–water partition coefficient (Wildman–Crippen LogP) is 6.12. The van der Waals surface area contributed by atoms with Crippen LogP contribution in [0.25, 0.3) is 10.2 Å². The molecule has 1 amide bonds. The zero-order chi connectivity index (χ0) is 20.9. The third kappa shape index (κ3) is 4.64. The molecule has 4 nitrogen and oxygen atoms in total. The molecular formula is C24H21ClN2O2S. The van der Waals surface area contributed by atoms with Gasteiger partial charge in [-0.15, -0.1) is 0 Å². The molecule has 1 aromatic heterocycles. The van der Waals surface area contributed by atoms with Crippen LogP contribution in [0.5, 0.6) is 5.75 Å². The Bertz CT molecular complexity index is 1140. The third-order valence-electron chi connectivity index (χ3n) is 4.66. The number of fused-ring (bicyclic) bond motifs is 1. The zero-order valence-electron chi connectivity index (χ0n) is 16.5. The van der Waals surface area contributed by atoms with E-state index in [9.17, 15) is 4.79 Å². The minimum atomic E-state index is -0.0156. The predicted molar refractivity (Wildman–Crippen MR) is 124 cm³/mol. The van der Waals surface area contributed by atoms with Crippen LogP contribution in [0.1, 0.15) is 18.1 Å². The normalized spacial score (nSPS) is 10.9. The molecular weight excluding hydrogens is 416 g/mol. The van der Waals surface area contributed by atoms with Gasteiger partial charge in [0.2, 0.25) is 5.91 Å². The number of benzene rings is 3. The Hall–Kier alpha value is -2.89. The van der Waals surface area contributed by atoms with Crippen molar-refractivity contribution in [3.05, 3.63) is 88.9 Å². The van der Waals surface area contributed by atoms with Crippen molar-refractivity contribution in [3.8, 4) is 5.75 Å². The van der Waals surface area contributed by atoms with Crippen molar-refractivity contribution in [2.45, 2.75) is 19.9 Å². The standard InChI is InChI=1S/C24H21ClN2O2S/c1-2-29-19-13-11-17(12-14-19)15-22(28)27(16-18-7-4-3-5-8-18)24-26-23-20(25)9-6-10-21(23)30-24/h3-14H,2,15-16H2,1H3. The summed E-state index contributed by atoms with van der Waals surface area (Å²) < 4.78 is 6.45.